The summed E-state index contributed by atoms with van der Waals surface area (Å²) in [6.45, 7) is 9.33. The van der Waals surface area contributed by atoms with Crippen LogP contribution in [0.15, 0.2) is 0 Å². The van der Waals surface area contributed by atoms with E-state index in [2.05, 4.69) is 5.32 Å². The maximum absolute atomic E-state index is 12.0. The average molecular weight is 301 g/mol. The number of carbonyl (C=O) groups is 3. The number of hydrogen-bond acceptors (Lipinski definition) is 5. The first-order valence-corrected chi connectivity index (χ1v) is 7.35. The molecule has 0 radical (unpaired) electrons. The third kappa shape index (κ3) is 8.32. The van der Waals surface area contributed by atoms with E-state index < -0.39 is 17.4 Å². The minimum atomic E-state index is -0.730. The molecular formula is C15H27NO5. The molecule has 0 aliphatic heterocycles. The lowest BCUT2D eigenvalue weighted by Gasteiger charge is -2.23. The van der Waals surface area contributed by atoms with Crippen LogP contribution < -0.4 is 5.32 Å². The van der Waals surface area contributed by atoms with Crippen LogP contribution in [-0.2, 0) is 23.9 Å². The van der Waals surface area contributed by atoms with Gasteiger partial charge in [0.1, 0.15) is 6.04 Å². The van der Waals surface area contributed by atoms with Gasteiger partial charge in [-0.1, -0.05) is 20.8 Å². The Morgan fingerprint density at radius 1 is 1.05 bits per heavy atom. The molecule has 0 aliphatic rings. The summed E-state index contributed by atoms with van der Waals surface area (Å²) in [5.74, 6) is -1.00. The summed E-state index contributed by atoms with van der Waals surface area (Å²) >= 11 is 0. The largest absolute Gasteiger partial charge is 0.466 e. The molecule has 0 spiro atoms. The average Bonchev–Trinajstić information content (AvgIpc) is 2.36. The molecule has 122 valence electrons. The van der Waals surface area contributed by atoms with Crippen molar-refractivity contribution in [2.24, 2.45) is 5.41 Å². The molecule has 0 aliphatic carbocycles. The monoisotopic (exact) mass is 301 g/mol. The highest BCUT2D eigenvalue weighted by Gasteiger charge is 2.28. The second-order valence-electron chi connectivity index (χ2n) is 5.73. The minimum absolute atomic E-state index is 0.217. The van der Waals surface area contributed by atoms with Crippen LogP contribution in [0.4, 0.5) is 0 Å². The topological polar surface area (TPSA) is 81.7 Å². The maximum atomic E-state index is 12.0. The summed E-state index contributed by atoms with van der Waals surface area (Å²) in [6, 6.07) is -0.730. The van der Waals surface area contributed by atoms with Gasteiger partial charge in [0, 0.05) is 11.8 Å². The molecule has 1 N–H and O–H groups in total. The molecule has 6 heteroatoms. The van der Waals surface area contributed by atoms with Gasteiger partial charge in [-0.15, -0.1) is 0 Å². The van der Waals surface area contributed by atoms with Gasteiger partial charge in [0.25, 0.3) is 0 Å². The Balaban J connectivity index is 4.50. The Morgan fingerprint density at radius 3 is 2.10 bits per heavy atom. The summed E-state index contributed by atoms with van der Waals surface area (Å²) in [5.41, 5.74) is -0.591. The first-order chi connectivity index (χ1) is 9.72. The van der Waals surface area contributed by atoms with E-state index in [1.54, 1.807) is 34.6 Å². The molecule has 0 saturated carbocycles. The smallest absolute Gasteiger partial charge is 0.328 e. The molecule has 0 heterocycles. The van der Waals surface area contributed by atoms with E-state index in [9.17, 15) is 14.4 Å². The fourth-order valence-electron chi connectivity index (χ4n) is 1.55. The molecule has 0 aromatic heterocycles. The molecule has 6 nitrogen and oxygen atoms in total. The van der Waals surface area contributed by atoms with Crippen molar-refractivity contribution in [2.75, 3.05) is 13.2 Å². The number of esters is 2. The molecule has 0 unspecified atom stereocenters. The predicted molar refractivity (Wildman–Crippen MR) is 78.5 cm³/mol. The van der Waals surface area contributed by atoms with Crippen molar-refractivity contribution < 1.29 is 23.9 Å². The van der Waals surface area contributed by atoms with Crippen LogP contribution in [0.3, 0.4) is 0 Å². The van der Waals surface area contributed by atoms with Crippen molar-refractivity contribution in [3.05, 3.63) is 0 Å². The minimum Gasteiger partial charge on any atom is -0.466 e. The van der Waals surface area contributed by atoms with E-state index >= 15 is 0 Å². The highest BCUT2D eigenvalue weighted by atomic mass is 16.5. The van der Waals surface area contributed by atoms with Crippen molar-refractivity contribution in [3.63, 3.8) is 0 Å². The molecule has 0 aromatic rings. The fraction of sp³-hybridized carbons (Fsp3) is 0.800. The van der Waals surface area contributed by atoms with Gasteiger partial charge in [-0.25, -0.2) is 4.79 Å². The first kappa shape index (κ1) is 19.4. The van der Waals surface area contributed by atoms with Crippen LogP contribution in [-0.4, -0.2) is 37.1 Å². The molecule has 1 amide bonds. The zero-order valence-corrected chi connectivity index (χ0v) is 13.7. The van der Waals surface area contributed by atoms with Gasteiger partial charge in [0.05, 0.1) is 13.2 Å². The number of rotatable bonds is 8. The first-order valence-electron chi connectivity index (χ1n) is 7.35. The second kappa shape index (κ2) is 9.37. The lowest BCUT2D eigenvalue weighted by molar-refractivity contribution is -0.149. The quantitative estimate of drug-likeness (QED) is 0.691. The molecule has 21 heavy (non-hydrogen) atoms. The van der Waals surface area contributed by atoms with Crippen molar-refractivity contribution in [1.82, 2.24) is 5.32 Å². The van der Waals surface area contributed by atoms with Crippen LogP contribution in [0.25, 0.3) is 0 Å². The second-order valence-corrected chi connectivity index (χ2v) is 5.73. The molecular weight excluding hydrogens is 274 g/mol. The molecule has 0 bridgehead atoms. The lowest BCUT2D eigenvalue weighted by atomic mass is 9.95. The number of nitrogens with one attached hydrogen (secondary N) is 1. The normalized spacial score (nSPS) is 12.4. The molecule has 0 fully saturated rings. The Kier molecular flexibility index (Phi) is 8.66. The maximum Gasteiger partial charge on any atom is 0.328 e. The van der Waals surface area contributed by atoms with Crippen LogP contribution >= 0.6 is 0 Å². The van der Waals surface area contributed by atoms with Gasteiger partial charge < -0.3 is 14.8 Å². The van der Waals surface area contributed by atoms with Crippen molar-refractivity contribution in [3.8, 4) is 0 Å². The van der Waals surface area contributed by atoms with E-state index in [1.807, 2.05) is 0 Å². The number of carbonyl (C=O) groups excluding carboxylic acids is 3. The molecule has 0 saturated heterocycles. The Bertz CT molecular complexity index is 360. The van der Waals surface area contributed by atoms with Crippen molar-refractivity contribution in [1.29, 1.82) is 0 Å². The van der Waals surface area contributed by atoms with E-state index in [1.165, 1.54) is 0 Å². The predicted octanol–water partition coefficient (Wildman–Crippen LogP) is 1.81. The Morgan fingerprint density at radius 2 is 1.62 bits per heavy atom. The van der Waals surface area contributed by atoms with Crippen LogP contribution in [0.5, 0.6) is 0 Å². The highest BCUT2D eigenvalue weighted by Crippen LogP contribution is 2.14. The summed E-state index contributed by atoms with van der Waals surface area (Å²) in [7, 11) is 0. The summed E-state index contributed by atoms with van der Waals surface area (Å²) in [5, 5.41) is 2.68. The van der Waals surface area contributed by atoms with Gasteiger partial charge in [0.15, 0.2) is 0 Å². The summed E-state index contributed by atoms with van der Waals surface area (Å²) in [6.07, 6.45) is 1.02. The standard InChI is InChI=1S/C15H27NO5/c1-6-20-12(17)10-8-9-11(13(18)21-7-2)16-14(19)15(3,4)5/h11H,6-10H2,1-5H3,(H,16,19)/t11-/m1/s1. The van der Waals surface area contributed by atoms with Crippen molar-refractivity contribution >= 4 is 17.8 Å². The Labute approximate surface area is 126 Å². The SMILES string of the molecule is CCOC(=O)CCC[C@@H](NC(=O)C(C)(C)C)C(=O)OCC. The molecule has 0 rings (SSSR count). The fourth-order valence-corrected chi connectivity index (χ4v) is 1.55. The van der Waals surface area contributed by atoms with Gasteiger partial charge >= 0.3 is 11.9 Å². The van der Waals surface area contributed by atoms with Crippen LogP contribution in [0, 0.1) is 5.41 Å². The zero-order valence-electron chi connectivity index (χ0n) is 13.7. The van der Waals surface area contributed by atoms with E-state index in [0.717, 1.165) is 0 Å². The van der Waals surface area contributed by atoms with Gasteiger partial charge in [-0.2, -0.15) is 0 Å². The third-order valence-electron chi connectivity index (χ3n) is 2.74. The van der Waals surface area contributed by atoms with Gasteiger partial charge in [-0.05, 0) is 26.7 Å². The Hall–Kier alpha value is -1.59. The highest BCUT2D eigenvalue weighted by molar-refractivity contribution is 5.87. The van der Waals surface area contributed by atoms with Crippen molar-refractivity contribution in [2.45, 2.75) is 59.9 Å². The molecule has 0 aromatic carbocycles. The van der Waals surface area contributed by atoms with E-state index in [-0.39, 0.29) is 24.9 Å². The number of ether oxygens (including phenoxy) is 2. The van der Waals surface area contributed by atoms with Crippen LogP contribution in [0.2, 0.25) is 0 Å². The summed E-state index contributed by atoms with van der Waals surface area (Å²) < 4.78 is 9.78. The third-order valence-corrected chi connectivity index (χ3v) is 2.74. The van der Waals surface area contributed by atoms with Crippen LogP contribution in [0.1, 0.15) is 53.9 Å². The summed E-state index contributed by atoms with van der Waals surface area (Å²) in [4.78, 5) is 35.1. The lowest BCUT2D eigenvalue weighted by Crippen LogP contribution is -2.46. The zero-order chi connectivity index (χ0) is 16.5. The van der Waals surface area contributed by atoms with E-state index in [0.29, 0.717) is 19.4 Å². The van der Waals surface area contributed by atoms with Gasteiger partial charge in [-0.3, -0.25) is 9.59 Å². The van der Waals surface area contributed by atoms with Gasteiger partial charge in [0.2, 0.25) is 5.91 Å². The molecule has 1 atom stereocenters. The number of amides is 1. The van der Waals surface area contributed by atoms with E-state index in [4.69, 9.17) is 9.47 Å². The number of hydrogen-bond donors (Lipinski definition) is 1.